The number of nitrogens with zero attached hydrogens (tertiary/aromatic N) is 3. The molecule has 1 aliphatic heterocycles. The van der Waals surface area contributed by atoms with Crippen molar-refractivity contribution in [3.05, 3.63) is 29.6 Å². The van der Waals surface area contributed by atoms with Crippen LogP contribution in [0.5, 0.6) is 0 Å². The van der Waals surface area contributed by atoms with Crippen molar-refractivity contribution in [2.45, 2.75) is 39.7 Å². The summed E-state index contributed by atoms with van der Waals surface area (Å²) in [5.74, 6) is 1.41. The van der Waals surface area contributed by atoms with E-state index >= 15 is 0 Å². The zero-order valence-electron chi connectivity index (χ0n) is 17.7. The van der Waals surface area contributed by atoms with Gasteiger partial charge in [0, 0.05) is 53.5 Å². The minimum atomic E-state index is -0.166. The Morgan fingerprint density at radius 2 is 1.93 bits per heavy atom. The molecule has 0 saturated carbocycles. The fourth-order valence-electron chi connectivity index (χ4n) is 3.56. The number of aliphatic imine (C=N–C) groups is 1. The number of nitrogens with one attached hydrogen (secondary N) is 1. The van der Waals surface area contributed by atoms with Crippen LogP contribution >= 0.6 is 24.0 Å². The Balaban J connectivity index is 0.00000392. The minimum absolute atomic E-state index is 0. The predicted octanol–water partition coefficient (Wildman–Crippen LogP) is 4.11. The van der Waals surface area contributed by atoms with Gasteiger partial charge in [0.25, 0.3) is 0 Å². The van der Waals surface area contributed by atoms with Crippen LogP contribution in [0.15, 0.2) is 23.2 Å². The van der Waals surface area contributed by atoms with Crippen molar-refractivity contribution >= 4 is 35.6 Å². The number of rotatable bonds is 8. The second-order valence-corrected chi connectivity index (χ2v) is 7.12. The summed E-state index contributed by atoms with van der Waals surface area (Å²) in [5.41, 5.74) is 1.59. The van der Waals surface area contributed by atoms with E-state index in [1.165, 1.54) is 0 Å². The van der Waals surface area contributed by atoms with E-state index in [9.17, 15) is 4.39 Å². The van der Waals surface area contributed by atoms with Gasteiger partial charge in [-0.15, -0.1) is 24.0 Å². The normalized spacial score (nSPS) is 15.1. The third-order valence-electron chi connectivity index (χ3n) is 5.35. The maximum Gasteiger partial charge on any atom is 0.193 e. The predicted molar refractivity (Wildman–Crippen MR) is 126 cm³/mol. The molecule has 0 bridgehead atoms. The zero-order chi connectivity index (χ0) is 19.6. The fourth-order valence-corrected chi connectivity index (χ4v) is 3.56. The maximum absolute atomic E-state index is 14.4. The Morgan fingerprint density at radius 1 is 1.25 bits per heavy atom. The highest BCUT2D eigenvalue weighted by molar-refractivity contribution is 14.0. The number of ether oxygens (including phenoxy) is 1. The molecule has 5 nitrogen and oxygen atoms in total. The van der Waals surface area contributed by atoms with Crippen LogP contribution in [0.1, 0.15) is 38.7 Å². The van der Waals surface area contributed by atoms with E-state index in [0.717, 1.165) is 69.6 Å². The van der Waals surface area contributed by atoms with E-state index in [4.69, 9.17) is 4.74 Å². The van der Waals surface area contributed by atoms with Crippen LogP contribution in [0.25, 0.3) is 0 Å². The molecule has 1 aliphatic rings. The third-order valence-corrected chi connectivity index (χ3v) is 5.35. The zero-order valence-corrected chi connectivity index (χ0v) is 20.0. The fraction of sp³-hybridized carbons (Fsp3) is 0.667. The van der Waals surface area contributed by atoms with Crippen LogP contribution in [0.4, 0.5) is 10.1 Å². The van der Waals surface area contributed by atoms with E-state index in [2.05, 4.69) is 22.3 Å². The average molecular weight is 506 g/mol. The van der Waals surface area contributed by atoms with Crippen molar-refractivity contribution in [2.75, 3.05) is 51.8 Å². The second-order valence-electron chi connectivity index (χ2n) is 7.12. The van der Waals surface area contributed by atoms with Crippen LogP contribution in [0, 0.1) is 11.7 Å². The number of halogens is 2. The van der Waals surface area contributed by atoms with Gasteiger partial charge >= 0.3 is 0 Å². The molecule has 0 aliphatic carbocycles. The molecular formula is C21H36FIN4O. The van der Waals surface area contributed by atoms with Gasteiger partial charge in [-0.2, -0.15) is 0 Å². The molecule has 0 amide bonds. The largest absolute Gasteiger partial charge is 0.381 e. The molecule has 1 aromatic carbocycles. The number of benzene rings is 1. The Hall–Kier alpha value is -1.09. The lowest BCUT2D eigenvalue weighted by Crippen LogP contribution is -2.39. The van der Waals surface area contributed by atoms with E-state index in [1.807, 2.05) is 30.9 Å². The highest BCUT2D eigenvalue weighted by atomic mass is 127. The van der Waals surface area contributed by atoms with Crippen LogP contribution < -0.4 is 10.2 Å². The summed E-state index contributed by atoms with van der Waals surface area (Å²) in [4.78, 5) is 8.54. The lowest BCUT2D eigenvalue weighted by Gasteiger charge is -2.27. The van der Waals surface area contributed by atoms with E-state index < -0.39 is 0 Å². The van der Waals surface area contributed by atoms with E-state index in [0.29, 0.717) is 12.2 Å². The molecular weight excluding hydrogens is 470 g/mol. The molecule has 0 spiro atoms. The first-order valence-corrected chi connectivity index (χ1v) is 10.1. The van der Waals surface area contributed by atoms with Crippen molar-refractivity contribution in [2.24, 2.45) is 10.9 Å². The molecule has 7 heteroatoms. The van der Waals surface area contributed by atoms with Crippen LogP contribution in [0.2, 0.25) is 0 Å². The molecule has 1 fully saturated rings. The molecule has 0 radical (unpaired) electrons. The van der Waals surface area contributed by atoms with Crippen molar-refractivity contribution in [1.82, 2.24) is 10.2 Å². The molecule has 1 saturated heterocycles. The summed E-state index contributed by atoms with van der Waals surface area (Å²) in [5, 5.41) is 3.35. The monoisotopic (exact) mass is 506 g/mol. The highest BCUT2D eigenvalue weighted by Gasteiger charge is 2.15. The molecule has 0 aromatic heterocycles. The number of hydrogen-bond donors (Lipinski definition) is 1. The smallest absolute Gasteiger partial charge is 0.193 e. The summed E-state index contributed by atoms with van der Waals surface area (Å²) in [6, 6.07) is 5.48. The minimum Gasteiger partial charge on any atom is -0.381 e. The molecule has 0 atom stereocenters. The van der Waals surface area contributed by atoms with E-state index in [1.54, 1.807) is 13.1 Å². The summed E-state index contributed by atoms with van der Waals surface area (Å²) in [7, 11) is 3.84. The molecule has 1 heterocycles. The lowest BCUT2D eigenvalue weighted by atomic mass is 9.96. The van der Waals surface area contributed by atoms with Crippen molar-refractivity contribution < 1.29 is 9.13 Å². The number of anilines is 1. The second kappa shape index (κ2) is 13.2. The SMILES string of the molecule is CCN(CC)c1ccc(CNC(=NC)N(C)CCC2CCOCC2)cc1F.I. The van der Waals surface area contributed by atoms with Gasteiger partial charge in [-0.05, 0) is 56.7 Å². The van der Waals surface area contributed by atoms with Gasteiger partial charge in [0.1, 0.15) is 5.82 Å². The summed E-state index contributed by atoms with van der Waals surface area (Å²) in [6.45, 7) is 8.97. The first-order chi connectivity index (χ1) is 13.1. The highest BCUT2D eigenvalue weighted by Crippen LogP contribution is 2.21. The van der Waals surface area contributed by atoms with Crippen molar-refractivity contribution in [3.8, 4) is 0 Å². The Kier molecular flexibility index (Phi) is 11.8. The van der Waals surface area contributed by atoms with Gasteiger partial charge in [-0.1, -0.05) is 6.07 Å². The Labute approximate surface area is 186 Å². The first kappa shape index (κ1) is 24.9. The Morgan fingerprint density at radius 3 is 2.50 bits per heavy atom. The standard InChI is InChI=1S/C21H35FN4O.HI/c1-5-26(6-2)20-8-7-18(15-19(20)22)16-24-21(23-3)25(4)12-9-17-10-13-27-14-11-17;/h7-8,15,17H,5-6,9-14,16H2,1-4H3,(H,23,24);1H. The van der Waals surface area contributed by atoms with Gasteiger partial charge in [-0.3, -0.25) is 4.99 Å². The summed E-state index contributed by atoms with van der Waals surface area (Å²) >= 11 is 0. The first-order valence-electron chi connectivity index (χ1n) is 10.1. The molecule has 1 aromatic rings. The van der Waals surface area contributed by atoms with Gasteiger partial charge in [0.05, 0.1) is 5.69 Å². The molecule has 1 N–H and O–H groups in total. The van der Waals surface area contributed by atoms with Crippen LogP contribution in [-0.2, 0) is 11.3 Å². The van der Waals surface area contributed by atoms with Gasteiger partial charge in [-0.25, -0.2) is 4.39 Å². The van der Waals surface area contributed by atoms with Crippen molar-refractivity contribution in [3.63, 3.8) is 0 Å². The average Bonchev–Trinajstić information content (AvgIpc) is 2.70. The molecule has 2 rings (SSSR count). The Bertz CT molecular complexity index is 604. The van der Waals surface area contributed by atoms with E-state index in [-0.39, 0.29) is 29.8 Å². The maximum atomic E-state index is 14.4. The van der Waals surface area contributed by atoms with Crippen molar-refractivity contribution in [1.29, 1.82) is 0 Å². The molecule has 28 heavy (non-hydrogen) atoms. The topological polar surface area (TPSA) is 40.1 Å². The number of guanidine groups is 1. The van der Waals surface area contributed by atoms with Crippen LogP contribution in [-0.4, -0.2) is 57.8 Å². The molecule has 0 unspecified atom stereocenters. The van der Waals surface area contributed by atoms with Crippen LogP contribution in [0.3, 0.4) is 0 Å². The lowest BCUT2D eigenvalue weighted by molar-refractivity contribution is 0.0625. The third kappa shape index (κ3) is 7.39. The number of hydrogen-bond acceptors (Lipinski definition) is 3. The summed E-state index contributed by atoms with van der Waals surface area (Å²) < 4.78 is 19.9. The quantitative estimate of drug-likeness (QED) is 0.327. The van der Waals surface area contributed by atoms with Gasteiger partial charge < -0.3 is 19.9 Å². The van der Waals surface area contributed by atoms with Gasteiger partial charge in [0.2, 0.25) is 0 Å². The summed E-state index contributed by atoms with van der Waals surface area (Å²) in [6.07, 6.45) is 3.45. The van der Waals surface area contributed by atoms with Gasteiger partial charge in [0.15, 0.2) is 5.96 Å². The molecule has 160 valence electrons.